The predicted molar refractivity (Wildman–Crippen MR) is 188 cm³/mol. The molecular weight excluding hydrogens is 530 g/mol. The van der Waals surface area contributed by atoms with E-state index in [-0.39, 0.29) is 48.2 Å². The number of hydrogen-bond donors (Lipinski definition) is 0. The molecule has 2 heterocycles. The second-order valence-electron chi connectivity index (χ2n) is 14.3. The lowest BCUT2D eigenvalue weighted by atomic mass is 9.74. The van der Waals surface area contributed by atoms with Crippen LogP contribution in [-0.4, -0.2) is 25.9 Å². The molecule has 0 aromatic heterocycles. The Kier molecular flexibility index (Phi) is 13.7. The molecule has 1 unspecified atom stereocenters. The summed E-state index contributed by atoms with van der Waals surface area (Å²) >= 11 is 0. The van der Waals surface area contributed by atoms with Crippen molar-refractivity contribution in [3.8, 4) is 11.5 Å². The zero-order chi connectivity index (χ0) is 29.1. The molecule has 0 radical (unpaired) electrons. The van der Waals surface area contributed by atoms with Crippen molar-refractivity contribution in [2.75, 3.05) is 0 Å². The van der Waals surface area contributed by atoms with Gasteiger partial charge >= 0.3 is 14.2 Å². The van der Waals surface area contributed by atoms with E-state index >= 15 is 0 Å². The van der Waals surface area contributed by atoms with Gasteiger partial charge in [-0.2, -0.15) is 0 Å². The summed E-state index contributed by atoms with van der Waals surface area (Å²) in [4.78, 5) is 0. The Hall–Kier alpha value is -2.69. The summed E-state index contributed by atoms with van der Waals surface area (Å²) in [5, 5.41) is 0. The van der Waals surface area contributed by atoms with Gasteiger partial charge in [0, 0.05) is 11.6 Å². The molecule has 1 atom stereocenters. The average Bonchev–Trinajstić information content (AvgIpc) is 3.26. The van der Waals surface area contributed by atoms with Gasteiger partial charge in [-0.15, -0.1) is 0 Å². The highest BCUT2D eigenvalue weighted by molar-refractivity contribution is 6.63. The van der Waals surface area contributed by atoms with E-state index in [1.54, 1.807) is 0 Å². The van der Waals surface area contributed by atoms with Crippen LogP contribution in [0.2, 0.25) is 0 Å². The molecule has 2 aliphatic heterocycles. The molecule has 2 aliphatic rings. The summed E-state index contributed by atoms with van der Waals surface area (Å²) in [5.41, 5.74) is 5.38. The van der Waals surface area contributed by atoms with Crippen LogP contribution >= 0.6 is 0 Å². The lowest BCUT2D eigenvalue weighted by molar-refractivity contribution is -0.0229. The molecule has 236 valence electrons. The Morgan fingerprint density at radius 1 is 0.651 bits per heavy atom. The molecule has 0 amide bonds. The zero-order valence-electron chi connectivity index (χ0n) is 25.9. The average molecular weight is 588 g/mol. The standard InChI is InChI=1S/C17H19BO2.C17H27BO2.3CH4/c1-17(2,3)12-13-8-10-14(11-9-13)18-19-15-6-4-5-7-16(15)20-18;1-13-11-17(5,6)20-18(19-13)15-9-7-14(8-10-15)12-16(2,3)4;;;/h4-11H,12H2,1-3H3;7-10,13H,11-12H2,1-6H3;3*1H4. The molecular formula is C37H58B2O4. The van der Waals surface area contributed by atoms with Gasteiger partial charge in [-0.1, -0.05) is 124 Å². The number of para-hydroxylation sites is 2. The molecule has 0 N–H and O–H groups in total. The van der Waals surface area contributed by atoms with Crippen molar-refractivity contribution in [1.29, 1.82) is 0 Å². The molecule has 3 aromatic carbocycles. The van der Waals surface area contributed by atoms with E-state index in [2.05, 4.69) is 111 Å². The second kappa shape index (κ2) is 15.3. The highest BCUT2D eigenvalue weighted by Crippen LogP contribution is 2.32. The van der Waals surface area contributed by atoms with Gasteiger partial charge in [0.15, 0.2) is 0 Å². The fraction of sp³-hybridized carbons (Fsp3) is 0.514. The van der Waals surface area contributed by atoms with Crippen LogP contribution < -0.4 is 20.2 Å². The maximum atomic E-state index is 6.05. The molecule has 0 bridgehead atoms. The van der Waals surface area contributed by atoms with Crippen LogP contribution in [0.5, 0.6) is 11.5 Å². The number of hydrogen-bond acceptors (Lipinski definition) is 4. The first kappa shape index (κ1) is 38.3. The molecule has 4 nitrogen and oxygen atoms in total. The summed E-state index contributed by atoms with van der Waals surface area (Å²) < 4.78 is 23.6. The summed E-state index contributed by atoms with van der Waals surface area (Å²) in [6.07, 6.45) is 3.32. The molecule has 1 saturated heterocycles. The van der Waals surface area contributed by atoms with Gasteiger partial charge in [-0.25, -0.2) is 0 Å². The first-order valence-electron chi connectivity index (χ1n) is 14.6. The van der Waals surface area contributed by atoms with Gasteiger partial charge in [0.2, 0.25) is 0 Å². The normalized spacial score (nSPS) is 17.0. The van der Waals surface area contributed by atoms with E-state index in [1.807, 2.05) is 24.3 Å². The maximum absolute atomic E-state index is 6.05. The van der Waals surface area contributed by atoms with E-state index in [0.29, 0.717) is 10.8 Å². The largest absolute Gasteiger partial charge is 0.632 e. The monoisotopic (exact) mass is 588 g/mol. The van der Waals surface area contributed by atoms with Crippen LogP contribution in [-0.2, 0) is 22.2 Å². The molecule has 3 aromatic rings. The first-order chi connectivity index (χ1) is 18.7. The SMILES string of the molecule is C.C.C.CC(C)(C)Cc1ccc(B2Oc3ccccc3O2)cc1.CC1CC(C)(C)OB(c2ccc(CC(C)(C)C)cc2)O1. The topological polar surface area (TPSA) is 36.9 Å². The van der Waals surface area contributed by atoms with Gasteiger partial charge in [-0.3, -0.25) is 0 Å². The third-order valence-electron chi connectivity index (χ3n) is 6.85. The number of rotatable bonds is 4. The first-order valence-corrected chi connectivity index (χ1v) is 14.6. The van der Waals surface area contributed by atoms with Crippen molar-refractivity contribution in [2.45, 2.75) is 116 Å². The van der Waals surface area contributed by atoms with E-state index < -0.39 is 0 Å². The van der Waals surface area contributed by atoms with Gasteiger partial charge in [0.05, 0.1) is 5.60 Å². The second-order valence-corrected chi connectivity index (χ2v) is 14.3. The summed E-state index contributed by atoms with van der Waals surface area (Å²) in [7, 11) is -0.562. The minimum atomic E-state index is -0.323. The highest BCUT2D eigenvalue weighted by Gasteiger charge is 2.38. The highest BCUT2D eigenvalue weighted by atomic mass is 16.6. The van der Waals surface area contributed by atoms with Gasteiger partial charge < -0.3 is 18.6 Å². The fourth-order valence-corrected chi connectivity index (χ4v) is 5.31. The lowest BCUT2D eigenvalue weighted by Crippen LogP contribution is -2.51. The van der Waals surface area contributed by atoms with E-state index in [0.717, 1.165) is 41.7 Å². The smallest absolute Gasteiger partial charge is 0.519 e. The Bertz CT molecular complexity index is 1220. The Morgan fingerprint density at radius 3 is 1.42 bits per heavy atom. The fourth-order valence-electron chi connectivity index (χ4n) is 5.31. The molecule has 5 rings (SSSR count). The van der Waals surface area contributed by atoms with Crippen molar-refractivity contribution in [3.05, 3.63) is 83.9 Å². The van der Waals surface area contributed by atoms with Crippen molar-refractivity contribution in [3.63, 3.8) is 0 Å². The Labute approximate surface area is 265 Å². The van der Waals surface area contributed by atoms with Crippen LogP contribution in [0.1, 0.15) is 102 Å². The summed E-state index contributed by atoms with van der Waals surface area (Å²) in [6, 6.07) is 25.0. The van der Waals surface area contributed by atoms with Crippen LogP contribution in [0.25, 0.3) is 0 Å². The van der Waals surface area contributed by atoms with Crippen LogP contribution in [0.4, 0.5) is 0 Å². The zero-order valence-corrected chi connectivity index (χ0v) is 25.9. The minimum Gasteiger partial charge on any atom is -0.519 e. The van der Waals surface area contributed by atoms with Crippen molar-refractivity contribution in [2.24, 2.45) is 10.8 Å². The lowest BCUT2D eigenvalue weighted by Gasteiger charge is -2.38. The van der Waals surface area contributed by atoms with Crippen molar-refractivity contribution in [1.82, 2.24) is 0 Å². The van der Waals surface area contributed by atoms with Gasteiger partial charge in [0.25, 0.3) is 0 Å². The van der Waals surface area contributed by atoms with Crippen LogP contribution in [0, 0.1) is 10.8 Å². The summed E-state index contributed by atoms with van der Waals surface area (Å²) in [5.74, 6) is 1.63. The third-order valence-corrected chi connectivity index (χ3v) is 6.85. The molecule has 0 spiro atoms. The van der Waals surface area contributed by atoms with E-state index in [1.165, 1.54) is 11.1 Å². The predicted octanol–water partition coefficient (Wildman–Crippen LogP) is 8.92. The maximum Gasteiger partial charge on any atom is 0.632 e. The van der Waals surface area contributed by atoms with Crippen molar-refractivity contribution < 1.29 is 18.6 Å². The van der Waals surface area contributed by atoms with Crippen LogP contribution in [0.3, 0.4) is 0 Å². The number of fused-ring (bicyclic) bond motifs is 1. The van der Waals surface area contributed by atoms with E-state index in [9.17, 15) is 0 Å². The molecule has 1 fully saturated rings. The van der Waals surface area contributed by atoms with Crippen molar-refractivity contribution >= 4 is 25.2 Å². The van der Waals surface area contributed by atoms with Gasteiger partial charge in [0.1, 0.15) is 11.5 Å². The Morgan fingerprint density at radius 2 is 1.05 bits per heavy atom. The third kappa shape index (κ3) is 11.7. The van der Waals surface area contributed by atoms with E-state index in [4.69, 9.17) is 18.6 Å². The summed E-state index contributed by atoms with van der Waals surface area (Å²) in [6.45, 7) is 19.9. The molecule has 0 aliphatic carbocycles. The number of benzene rings is 3. The minimum absolute atomic E-state index is 0. The quantitative estimate of drug-likeness (QED) is 0.285. The molecule has 43 heavy (non-hydrogen) atoms. The molecule has 0 saturated carbocycles. The molecule has 6 heteroatoms. The van der Waals surface area contributed by atoms with Gasteiger partial charge in [-0.05, 0) is 79.6 Å². The van der Waals surface area contributed by atoms with Crippen LogP contribution in [0.15, 0.2) is 72.8 Å². The Balaban J connectivity index is 0.000000402.